The fourth-order valence-electron chi connectivity index (χ4n) is 1.65. The SMILES string of the molecule is CNS(=O)(=O)c1ccc(CNC(=O)N[C@H](C)COC)cc1. The molecule has 8 heteroatoms. The molecule has 1 atom stereocenters. The summed E-state index contributed by atoms with van der Waals surface area (Å²) in [5.74, 6) is 0. The molecule has 7 nitrogen and oxygen atoms in total. The molecule has 1 aromatic rings. The lowest BCUT2D eigenvalue weighted by atomic mass is 10.2. The minimum Gasteiger partial charge on any atom is -0.383 e. The van der Waals surface area contributed by atoms with Gasteiger partial charge in [0.1, 0.15) is 0 Å². The second kappa shape index (κ2) is 7.96. The maximum absolute atomic E-state index is 11.6. The number of methoxy groups -OCH3 is 1. The lowest BCUT2D eigenvalue weighted by Gasteiger charge is -2.13. The van der Waals surface area contributed by atoms with Crippen LogP contribution < -0.4 is 15.4 Å². The molecule has 0 bridgehead atoms. The van der Waals surface area contributed by atoms with Gasteiger partial charge in [0.25, 0.3) is 0 Å². The van der Waals surface area contributed by atoms with Gasteiger partial charge in [-0.2, -0.15) is 0 Å². The summed E-state index contributed by atoms with van der Waals surface area (Å²) < 4.78 is 30.3. The smallest absolute Gasteiger partial charge is 0.315 e. The largest absolute Gasteiger partial charge is 0.383 e. The third-order valence-corrected chi connectivity index (χ3v) is 4.18. The Morgan fingerprint density at radius 1 is 1.29 bits per heavy atom. The van der Waals surface area contributed by atoms with Crippen LogP contribution >= 0.6 is 0 Å². The fourth-order valence-corrected chi connectivity index (χ4v) is 2.38. The van der Waals surface area contributed by atoms with Crippen LogP contribution in [-0.2, 0) is 21.3 Å². The molecule has 0 heterocycles. The predicted octanol–water partition coefficient (Wildman–Crippen LogP) is 0.429. The maximum Gasteiger partial charge on any atom is 0.315 e. The van der Waals surface area contributed by atoms with E-state index in [1.807, 2.05) is 6.92 Å². The van der Waals surface area contributed by atoms with Crippen molar-refractivity contribution in [1.29, 1.82) is 0 Å². The van der Waals surface area contributed by atoms with Crippen LogP contribution in [-0.4, -0.2) is 41.3 Å². The van der Waals surface area contributed by atoms with E-state index in [2.05, 4.69) is 15.4 Å². The third-order valence-electron chi connectivity index (χ3n) is 2.75. The van der Waals surface area contributed by atoms with Crippen molar-refractivity contribution < 1.29 is 17.9 Å². The summed E-state index contributed by atoms with van der Waals surface area (Å²) in [6, 6.07) is 5.92. The summed E-state index contributed by atoms with van der Waals surface area (Å²) in [6.45, 7) is 2.58. The van der Waals surface area contributed by atoms with Gasteiger partial charge in [0.15, 0.2) is 0 Å². The van der Waals surface area contributed by atoms with Crippen LogP contribution in [0.4, 0.5) is 4.79 Å². The van der Waals surface area contributed by atoms with E-state index in [0.29, 0.717) is 13.2 Å². The zero-order valence-electron chi connectivity index (χ0n) is 12.3. The van der Waals surface area contributed by atoms with Crippen LogP contribution in [0.2, 0.25) is 0 Å². The van der Waals surface area contributed by atoms with E-state index in [0.717, 1.165) is 5.56 Å². The molecule has 0 unspecified atom stereocenters. The minimum absolute atomic E-state index is 0.0850. The average Bonchev–Trinajstić information content (AvgIpc) is 2.45. The van der Waals surface area contributed by atoms with Crippen molar-refractivity contribution in [3.05, 3.63) is 29.8 Å². The Balaban J connectivity index is 2.52. The second-order valence-corrected chi connectivity index (χ2v) is 6.42. The second-order valence-electron chi connectivity index (χ2n) is 4.53. The van der Waals surface area contributed by atoms with E-state index >= 15 is 0 Å². The average molecular weight is 315 g/mol. The number of hydrogen-bond donors (Lipinski definition) is 3. The number of sulfonamides is 1. The van der Waals surface area contributed by atoms with Crippen molar-refractivity contribution in [1.82, 2.24) is 15.4 Å². The van der Waals surface area contributed by atoms with Gasteiger partial charge < -0.3 is 15.4 Å². The molecule has 0 saturated carbocycles. The summed E-state index contributed by atoms with van der Waals surface area (Å²) in [7, 11) is -0.508. The summed E-state index contributed by atoms with van der Waals surface area (Å²) in [5, 5.41) is 5.40. The van der Waals surface area contributed by atoms with Gasteiger partial charge in [-0.3, -0.25) is 0 Å². The van der Waals surface area contributed by atoms with Crippen LogP contribution in [0.3, 0.4) is 0 Å². The third kappa shape index (κ3) is 5.70. The number of rotatable bonds is 7. The van der Waals surface area contributed by atoms with E-state index in [1.165, 1.54) is 19.2 Å². The number of carbonyl (C=O) groups is 1. The molecule has 0 aliphatic carbocycles. The van der Waals surface area contributed by atoms with Gasteiger partial charge in [-0.05, 0) is 31.7 Å². The number of amides is 2. The standard InChI is InChI=1S/C13H21N3O4S/c1-10(9-20-3)16-13(17)15-8-11-4-6-12(7-5-11)21(18,19)14-2/h4-7,10,14H,8-9H2,1-3H3,(H2,15,16,17)/t10-/m1/s1. The normalized spacial score (nSPS) is 12.7. The van der Waals surface area contributed by atoms with Gasteiger partial charge in [0, 0.05) is 13.7 Å². The topological polar surface area (TPSA) is 96.5 Å². The zero-order valence-corrected chi connectivity index (χ0v) is 13.2. The summed E-state index contributed by atoms with van der Waals surface area (Å²) in [4.78, 5) is 11.8. The molecule has 0 aromatic heterocycles. The Bertz CT molecular complexity index is 557. The molecule has 3 N–H and O–H groups in total. The lowest BCUT2D eigenvalue weighted by molar-refractivity contribution is 0.171. The number of urea groups is 1. The number of nitrogens with one attached hydrogen (secondary N) is 3. The molecule has 2 amide bonds. The molecule has 1 rings (SSSR count). The van der Waals surface area contributed by atoms with Gasteiger partial charge in [0.05, 0.1) is 17.5 Å². The van der Waals surface area contributed by atoms with Crippen LogP contribution in [0.25, 0.3) is 0 Å². The predicted molar refractivity (Wildman–Crippen MR) is 79.4 cm³/mol. The Morgan fingerprint density at radius 2 is 1.90 bits per heavy atom. The van der Waals surface area contributed by atoms with Crippen molar-refractivity contribution in [2.45, 2.75) is 24.4 Å². The Hall–Kier alpha value is -1.64. The van der Waals surface area contributed by atoms with Crippen molar-refractivity contribution in [2.24, 2.45) is 0 Å². The van der Waals surface area contributed by atoms with E-state index < -0.39 is 10.0 Å². The summed E-state index contributed by atoms with van der Waals surface area (Å²) in [5.41, 5.74) is 0.805. The van der Waals surface area contributed by atoms with E-state index in [4.69, 9.17) is 4.74 Å². The molecule has 0 saturated heterocycles. The first-order valence-electron chi connectivity index (χ1n) is 6.45. The molecule has 0 fully saturated rings. The molecule has 0 aliphatic rings. The van der Waals surface area contributed by atoms with Gasteiger partial charge in [0.2, 0.25) is 10.0 Å². The molecular weight excluding hydrogens is 294 g/mol. The first-order valence-corrected chi connectivity index (χ1v) is 7.93. The summed E-state index contributed by atoms with van der Waals surface area (Å²) >= 11 is 0. The Labute approximate surface area is 125 Å². The molecule has 21 heavy (non-hydrogen) atoms. The number of ether oxygens (including phenoxy) is 1. The first-order chi connectivity index (χ1) is 9.89. The van der Waals surface area contributed by atoms with Crippen LogP contribution in [0.15, 0.2) is 29.2 Å². The Morgan fingerprint density at radius 3 is 2.43 bits per heavy atom. The van der Waals surface area contributed by atoms with Gasteiger partial charge in [-0.1, -0.05) is 12.1 Å². The monoisotopic (exact) mass is 315 g/mol. The van der Waals surface area contributed by atoms with Gasteiger partial charge >= 0.3 is 6.03 Å². The lowest BCUT2D eigenvalue weighted by Crippen LogP contribution is -2.42. The Kier molecular flexibility index (Phi) is 6.60. The maximum atomic E-state index is 11.6. The first kappa shape index (κ1) is 17.4. The molecule has 0 radical (unpaired) electrons. The summed E-state index contributed by atoms with van der Waals surface area (Å²) in [6.07, 6.45) is 0. The highest BCUT2D eigenvalue weighted by Gasteiger charge is 2.11. The molecule has 0 spiro atoms. The van der Waals surface area contributed by atoms with E-state index in [9.17, 15) is 13.2 Å². The minimum atomic E-state index is -3.43. The molecule has 1 aromatic carbocycles. The van der Waals surface area contributed by atoms with Crippen molar-refractivity contribution in [3.8, 4) is 0 Å². The van der Waals surface area contributed by atoms with Crippen molar-refractivity contribution in [3.63, 3.8) is 0 Å². The van der Waals surface area contributed by atoms with E-state index in [1.54, 1.807) is 19.2 Å². The fraction of sp³-hybridized carbons (Fsp3) is 0.462. The number of hydrogen-bond acceptors (Lipinski definition) is 4. The van der Waals surface area contributed by atoms with E-state index in [-0.39, 0.29) is 17.0 Å². The highest BCUT2D eigenvalue weighted by Crippen LogP contribution is 2.09. The highest BCUT2D eigenvalue weighted by molar-refractivity contribution is 7.89. The molecule has 118 valence electrons. The number of benzene rings is 1. The number of carbonyl (C=O) groups excluding carboxylic acids is 1. The highest BCUT2D eigenvalue weighted by atomic mass is 32.2. The van der Waals surface area contributed by atoms with Crippen LogP contribution in [0.1, 0.15) is 12.5 Å². The zero-order chi connectivity index (χ0) is 15.9. The van der Waals surface area contributed by atoms with Crippen LogP contribution in [0, 0.1) is 0 Å². The van der Waals surface area contributed by atoms with Crippen molar-refractivity contribution in [2.75, 3.05) is 20.8 Å². The van der Waals surface area contributed by atoms with Gasteiger partial charge in [-0.25, -0.2) is 17.9 Å². The molecule has 0 aliphatic heterocycles. The van der Waals surface area contributed by atoms with Gasteiger partial charge in [-0.15, -0.1) is 0 Å². The molecular formula is C13H21N3O4S. The van der Waals surface area contributed by atoms with Crippen molar-refractivity contribution >= 4 is 16.1 Å². The quantitative estimate of drug-likeness (QED) is 0.680. The van der Waals surface area contributed by atoms with Crippen LogP contribution in [0.5, 0.6) is 0 Å².